The van der Waals surface area contributed by atoms with Crippen LogP contribution in [0, 0.1) is 25.2 Å². The summed E-state index contributed by atoms with van der Waals surface area (Å²) in [5, 5.41) is 9.74. The third-order valence-electron chi connectivity index (χ3n) is 4.31. The molecule has 0 aliphatic carbocycles. The van der Waals surface area contributed by atoms with E-state index in [1.807, 2.05) is 62.4 Å². The van der Waals surface area contributed by atoms with Crippen molar-refractivity contribution in [2.24, 2.45) is 0 Å². The van der Waals surface area contributed by atoms with E-state index in [0.717, 1.165) is 39.3 Å². The summed E-state index contributed by atoms with van der Waals surface area (Å²) >= 11 is 0. The van der Waals surface area contributed by atoms with Gasteiger partial charge >= 0.3 is 0 Å². The van der Waals surface area contributed by atoms with Crippen molar-refractivity contribution in [2.75, 3.05) is 12.8 Å². The third kappa shape index (κ3) is 2.81. The van der Waals surface area contributed by atoms with Gasteiger partial charge in [-0.2, -0.15) is 5.26 Å². The average molecular weight is 329 g/mol. The van der Waals surface area contributed by atoms with Crippen molar-refractivity contribution in [3.8, 4) is 34.1 Å². The Morgan fingerprint density at radius 3 is 2.24 bits per heavy atom. The number of nitriles is 1. The van der Waals surface area contributed by atoms with E-state index in [1.165, 1.54) is 0 Å². The minimum atomic E-state index is 0.247. The van der Waals surface area contributed by atoms with E-state index >= 15 is 0 Å². The topological polar surface area (TPSA) is 71.9 Å². The molecule has 3 aromatic rings. The molecule has 0 aliphatic rings. The summed E-state index contributed by atoms with van der Waals surface area (Å²) in [6.45, 7) is 3.93. The predicted octanol–water partition coefficient (Wildman–Crippen LogP) is 4.49. The highest BCUT2D eigenvalue weighted by atomic mass is 16.5. The maximum atomic E-state index is 9.74. The summed E-state index contributed by atoms with van der Waals surface area (Å²) in [7, 11) is 1.64. The second-order valence-corrected chi connectivity index (χ2v) is 5.83. The number of methoxy groups -OCH3 is 1. The molecule has 0 amide bonds. The van der Waals surface area contributed by atoms with Crippen LogP contribution in [0.25, 0.3) is 22.3 Å². The van der Waals surface area contributed by atoms with Gasteiger partial charge in [-0.3, -0.25) is 0 Å². The van der Waals surface area contributed by atoms with E-state index < -0.39 is 0 Å². The van der Waals surface area contributed by atoms with E-state index in [1.54, 1.807) is 7.11 Å². The lowest BCUT2D eigenvalue weighted by Gasteiger charge is -2.19. The van der Waals surface area contributed by atoms with Gasteiger partial charge in [0.25, 0.3) is 0 Å². The molecule has 25 heavy (non-hydrogen) atoms. The highest BCUT2D eigenvalue weighted by Crippen LogP contribution is 2.42. The maximum Gasteiger partial charge on any atom is 0.142 e. The van der Waals surface area contributed by atoms with Crippen molar-refractivity contribution in [1.29, 1.82) is 5.26 Å². The number of para-hydroxylation sites is 1. The van der Waals surface area contributed by atoms with Gasteiger partial charge in [0.15, 0.2) is 0 Å². The molecule has 0 aliphatic heterocycles. The van der Waals surface area contributed by atoms with Crippen LogP contribution in [0.5, 0.6) is 5.75 Å². The fourth-order valence-corrected chi connectivity index (χ4v) is 3.14. The molecule has 4 heteroatoms. The first-order chi connectivity index (χ1) is 12.1. The van der Waals surface area contributed by atoms with Gasteiger partial charge in [-0.05, 0) is 31.0 Å². The minimum absolute atomic E-state index is 0.247. The number of benzene rings is 2. The van der Waals surface area contributed by atoms with Crippen LogP contribution in [0.3, 0.4) is 0 Å². The molecule has 0 atom stereocenters. The number of aromatic nitrogens is 1. The number of rotatable bonds is 3. The molecule has 2 aromatic carbocycles. The maximum absolute atomic E-state index is 9.74. The number of nitrogen functional groups attached to an aromatic ring is 1. The number of anilines is 1. The van der Waals surface area contributed by atoms with Crippen LogP contribution in [-0.4, -0.2) is 12.1 Å². The molecule has 0 spiro atoms. The summed E-state index contributed by atoms with van der Waals surface area (Å²) in [4.78, 5) is 4.41. The van der Waals surface area contributed by atoms with E-state index in [-0.39, 0.29) is 5.82 Å². The molecular weight excluding hydrogens is 310 g/mol. The van der Waals surface area contributed by atoms with Crippen LogP contribution in [0.4, 0.5) is 5.82 Å². The molecule has 0 fully saturated rings. The Morgan fingerprint density at radius 1 is 0.960 bits per heavy atom. The summed E-state index contributed by atoms with van der Waals surface area (Å²) in [6.07, 6.45) is 0. The van der Waals surface area contributed by atoms with Crippen molar-refractivity contribution in [3.05, 3.63) is 65.4 Å². The van der Waals surface area contributed by atoms with Crippen molar-refractivity contribution in [3.63, 3.8) is 0 Å². The van der Waals surface area contributed by atoms with Crippen molar-refractivity contribution >= 4 is 5.82 Å². The lowest BCUT2D eigenvalue weighted by Crippen LogP contribution is -2.04. The van der Waals surface area contributed by atoms with Gasteiger partial charge in [-0.1, -0.05) is 42.5 Å². The fourth-order valence-electron chi connectivity index (χ4n) is 3.14. The second kappa shape index (κ2) is 6.66. The van der Waals surface area contributed by atoms with Crippen molar-refractivity contribution in [1.82, 2.24) is 4.98 Å². The number of ether oxygens (including phenoxy) is 1. The molecular formula is C21H19N3O. The lowest BCUT2D eigenvalue weighted by atomic mass is 9.88. The van der Waals surface area contributed by atoms with Gasteiger partial charge in [0, 0.05) is 22.4 Å². The molecule has 1 heterocycles. The van der Waals surface area contributed by atoms with E-state index in [2.05, 4.69) is 11.1 Å². The smallest absolute Gasteiger partial charge is 0.142 e. The highest BCUT2D eigenvalue weighted by Gasteiger charge is 2.22. The number of nitrogens with two attached hydrogens (primary N) is 1. The van der Waals surface area contributed by atoms with Gasteiger partial charge < -0.3 is 10.5 Å². The molecule has 2 N–H and O–H groups in total. The van der Waals surface area contributed by atoms with Crippen molar-refractivity contribution in [2.45, 2.75) is 13.8 Å². The van der Waals surface area contributed by atoms with Crippen LogP contribution in [0.2, 0.25) is 0 Å². The van der Waals surface area contributed by atoms with Gasteiger partial charge in [0.2, 0.25) is 0 Å². The van der Waals surface area contributed by atoms with Crippen LogP contribution < -0.4 is 10.5 Å². The van der Waals surface area contributed by atoms with Gasteiger partial charge in [-0.25, -0.2) is 4.98 Å². The van der Waals surface area contributed by atoms with Crippen LogP contribution in [0.15, 0.2) is 48.5 Å². The molecule has 124 valence electrons. The molecule has 0 saturated carbocycles. The fraction of sp³-hybridized carbons (Fsp3) is 0.143. The zero-order chi connectivity index (χ0) is 18.0. The summed E-state index contributed by atoms with van der Waals surface area (Å²) in [5.41, 5.74) is 11.8. The summed E-state index contributed by atoms with van der Waals surface area (Å²) in [6, 6.07) is 17.9. The molecule has 1 aromatic heterocycles. The van der Waals surface area contributed by atoms with Gasteiger partial charge in [-0.15, -0.1) is 0 Å². The molecule has 4 nitrogen and oxygen atoms in total. The normalized spacial score (nSPS) is 10.3. The molecule has 0 radical (unpaired) electrons. The molecule has 0 saturated heterocycles. The zero-order valence-corrected chi connectivity index (χ0v) is 14.5. The molecule has 0 unspecified atom stereocenters. The highest BCUT2D eigenvalue weighted by molar-refractivity contribution is 5.93. The van der Waals surface area contributed by atoms with Crippen LogP contribution >= 0.6 is 0 Å². The average Bonchev–Trinajstić information content (AvgIpc) is 2.62. The molecule has 3 rings (SSSR count). The third-order valence-corrected chi connectivity index (χ3v) is 4.31. The van der Waals surface area contributed by atoms with Crippen molar-refractivity contribution < 1.29 is 4.74 Å². The largest absolute Gasteiger partial charge is 0.496 e. The number of hydrogen-bond acceptors (Lipinski definition) is 4. The number of nitrogens with zero attached hydrogens (tertiary/aromatic N) is 2. The Labute approximate surface area is 147 Å². The van der Waals surface area contributed by atoms with Crippen LogP contribution in [0.1, 0.15) is 16.8 Å². The SMILES string of the molecule is COc1ccccc1-c1c(C)nc(N)c(C#N)c1-c1ccccc1C. The molecule has 0 bridgehead atoms. The Morgan fingerprint density at radius 2 is 1.60 bits per heavy atom. The summed E-state index contributed by atoms with van der Waals surface area (Å²) in [5.74, 6) is 0.979. The lowest BCUT2D eigenvalue weighted by molar-refractivity contribution is 0.416. The number of pyridine rings is 1. The number of aryl methyl sites for hydroxylation is 2. The first-order valence-corrected chi connectivity index (χ1v) is 7.98. The predicted molar refractivity (Wildman–Crippen MR) is 100 cm³/mol. The quantitative estimate of drug-likeness (QED) is 0.768. The van der Waals surface area contributed by atoms with Gasteiger partial charge in [0.1, 0.15) is 23.2 Å². The Bertz CT molecular complexity index is 987. The van der Waals surface area contributed by atoms with E-state index in [4.69, 9.17) is 10.5 Å². The zero-order valence-electron chi connectivity index (χ0n) is 14.5. The first kappa shape index (κ1) is 16.5. The first-order valence-electron chi connectivity index (χ1n) is 7.98. The minimum Gasteiger partial charge on any atom is -0.496 e. The Kier molecular flexibility index (Phi) is 4.40. The number of hydrogen-bond donors (Lipinski definition) is 1. The van der Waals surface area contributed by atoms with Crippen LogP contribution in [-0.2, 0) is 0 Å². The Balaban J connectivity index is 2.48. The van der Waals surface area contributed by atoms with E-state index in [9.17, 15) is 5.26 Å². The second-order valence-electron chi connectivity index (χ2n) is 5.83. The van der Waals surface area contributed by atoms with E-state index in [0.29, 0.717) is 5.56 Å². The summed E-state index contributed by atoms with van der Waals surface area (Å²) < 4.78 is 5.54. The van der Waals surface area contributed by atoms with Gasteiger partial charge in [0.05, 0.1) is 7.11 Å². The Hall–Kier alpha value is -3.32. The monoisotopic (exact) mass is 329 g/mol. The standard InChI is InChI=1S/C21H19N3O/c1-13-8-4-5-9-15(13)20-17(12-22)21(23)24-14(2)19(20)16-10-6-7-11-18(16)25-3/h4-11H,1-3H3,(H2,23,24).